The molecule has 2 aliphatic heterocycles. The second kappa shape index (κ2) is 6.84. The van der Waals surface area contributed by atoms with E-state index in [2.05, 4.69) is 33.3 Å². The number of nitrogens with zero attached hydrogens (tertiary/aromatic N) is 2. The molecule has 0 aromatic heterocycles. The smallest absolute Gasteiger partial charge is 0.336 e. The zero-order chi connectivity index (χ0) is 19.2. The summed E-state index contributed by atoms with van der Waals surface area (Å²) in [6.45, 7) is 0. The zero-order valence-electron chi connectivity index (χ0n) is 13.4. The number of ether oxygens (including phenoxy) is 1. The first kappa shape index (κ1) is 18.6. The highest BCUT2D eigenvalue weighted by Crippen LogP contribution is 2.35. The molecular formula is C16H13BrN2O6S. The van der Waals surface area contributed by atoms with E-state index in [4.69, 9.17) is 0 Å². The highest BCUT2D eigenvalue weighted by molar-refractivity contribution is 9.09. The molecule has 3 unspecified atom stereocenters. The number of Topliss-reactive ketones (excluding diaryl/α,β-unsaturated/α-hetero) is 1. The summed E-state index contributed by atoms with van der Waals surface area (Å²) >= 11 is 7.21. The SMILES string of the molecule is COC(=O)C(C(=O)CBr)N1C(=O)C(N2C(=O)c3ccccc3C2=O)C1S. The van der Waals surface area contributed by atoms with Crippen molar-refractivity contribution in [3.8, 4) is 0 Å². The minimum absolute atomic E-state index is 0.172. The number of β-lactam (4-membered cyclic amide) rings is 1. The van der Waals surface area contributed by atoms with Crippen LogP contribution in [0.4, 0.5) is 0 Å². The molecule has 0 saturated carbocycles. The summed E-state index contributed by atoms with van der Waals surface area (Å²) in [5.41, 5.74) is 0.399. The molecule has 3 amide bonds. The van der Waals surface area contributed by atoms with Crippen LogP contribution in [0.3, 0.4) is 0 Å². The quantitative estimate of drug-likeness (QED) is 0.176. The Balaban J connectivity index is 1.89. The van der Waals surface area contributed by atoms with Gasteiger partial charge < -0.3 is 9.64 Å². The van der Waals surface area contributed by atoms with Crippen molar-refractivity contribution >= 4 is 58.0 Å². The molecule has 8 nitrogen and oxygen atoms in total. The van der Waals surface area contributed by atoms with Gasteiger partial charge in [-0.25, -0.2) is 4.79 Å². The Morgan fingerprint density at radius 1 is 1.19 bits per heavy atom. The first-order valence-electron chi connectivity index (χ1n) is 7.48. The number of fused-ring (bicyclic) bond motifs is 1. The molecule has 3 rings (SSSR count). The summed E-state index contributed by atoms with van der Waals surface area (Å²) in [6.07, 6.45) is 0. The van der Waals surface area contributed by atoms with Crippen molar-refractivity contribution in [1.82, 2.24) is 9.80 Å². The van der Waals surface area contributed by atoms with Crippen LogP contribution in [0.5, 0.6) is 0 Å². The van der Waals surface area contributed by atoms with Gasteiger partial charge in [-0.1, -0.05) is 28.1 Å². The van der Waals surface area contributed by atoms with Crippen LogP contribution < -0.4 is 0 Å². The summed E-state index contributed by atoms with van der Waals surface area (Å²) in [7, 11) is 1.09. The van der Waals surface area contributed by atoms with Gasteiger partial charge in [0.15, 0.2) is 11.8 Å². The van der Waals surface area contributed by atoms with E-state index in [0.29, 0.717) is 0 Å². The number of hydrogen-bond donors (Lipinski definition) is 1. The molecule has 2 heterocycles. The lowest BCUT2D eigenvalue weighted by molar-refractivity contribution is -0.167. The third-order valence-electron chi connectivity index (χ3n) is 4.32. The number of rotatable bonds is 5. The summed E-state index contributed by atoms with van der Waals surface area (Å²) in [5, 5.41) is -1.17. The van der Waals surface area contributed by atoms with Crippen LogP contribution in [0.25, 0.3) is 0 Å². The number of methoxy groups -OCH3 is 1. The first-order valence-corrected chi connectivity index (χ1v) is 9.12. The van der Waals surface area contributed by atoms with E-state index in [-0.39, 0.29) is 16.5 Å². The number of ketones is 1. The van der Waals surface area contributed by atoms with Crippen LogP contribution in [0.15, 0.2) is 24.3 Å². The number of carbonyl (C=O) groups is 5. The predicted octanol–water partition coefficient (Wildman–Crippen LogP) is 0.255. The van der Waals surface area contributed by atoms with E-state index in [1.165, 1.54) is 12.1 Å². The van der Waals surface area contributed by atoms with Crippen molar-refractivity contribution < 1.29 is 28.7 Å². The summed E-state index contributed by atoms with van der Waals surface area (Å²) in [5.74, 6) is -3.44. The molecule has 3 atom stereocenters. The van der Waals surface area contributed by atoms with Crippen LogP contribution in [-0.4, -0.2) is 69.2 Å². The number of hydrogen-bond acceptors (Lipinski definition) is 7. The molecular weight excluding hydrogens is 428 g/mol. The van der Waals surface area contributed by atoms with Crippen molar-refractivity contribution in [3.05, 3.63) is 35.4 Å². The highest BCUT2D eigenvalue weighted by Gasteiger charge is 2.59. The average molecular weight is 441 g/mol. The van der Waals surface area contributed by atoms with Gasteiger partial charge in [-0.2, -0.15) is 12.6 Å². The molecule has 0 radical (unpaired) electrons. The van der Waals surface area contributed by atoms with Gasteiger partial charge in [-0.3, -0.25) is 24.1 Å². The maximum absolute atomic E-state index is 12.6. The lowest BCUT2D eigenvalue weighted by Crippen LogP contribution is -2.74. The fourth-order valence-corrected chi connectivity index (χ4v) is 3.86. The van der Waals surface area contributed by atoms with E-state index in [9.17, 15) is 24.0 Å². The van der Waals surface area contributed by atoms with Crippen molar-refractivity contribution in [3.63, 3.8) is 0 Å². The molecule has 1 aromatic carbocycles. The summed E-state index contributed by atoms with van der Waals surface area (Å²) < 4.78 is 4.59. The first-order chi connectivity index (χ1) is 12.3. The van der Waals surface area contributed by atoms with Crippen LogP contribution >= 0.6 is 28.6 Å². The number of amides is 3. The third-order valence-corrected chi connectivity index (χ3v) is 5.40. The van der Waals surface area contributed by atoms with Crippen LogP contribution in [0, 0.1) is 0 Å². The Labute approximate surface area is 162 Å². The largest absolute Gasteiger partial charge is 0.467 e. The van der Waals surface area contributed by atoms with Gasteiger partial charge in [0.1, 0.15) is 11.4 Å². The maximum Gasteiger partial charge on any atom is 0.336 e. The molecule has 1 saturated heterocycles. The Hall–Kier alpha value is -2.20. The molecule has 10 heteroatoms. The summed E-state index contributed by atoms with van der Waals surface area (Å²) in [6, 6.07) is 3.54. The maximum atomic E-state index is 12.6. The monoisotopic (exact) mass is 440 g/mol. The predicted molar refractivity (Wildman–Crippen MR) is 95.0 cm³/mol. The van der Waals surface area contributed by atoms with Crippen molar-refractivity contribution in [1.29, 1.82) is 0 Å². The average Bonchev–Trinajstić information content (AvgIpc) is 2.90. The lowest BCUT2D eigenvalue weighted by Gasteiger charge is -2.49. The van der Waals surface area contributed by atoms with Gasteiger partial charge >= 0.3 is 5.97 Å². The van der Waals surface area contributed by atoms with E-state index < -0.39 is 46.9 Å². The van der Waals surface area contributed by atoms with Crippen LogP contribution in [0.2, 0.25) is 0 Å². The molecule has 26 heavy (non-hydrogen) atoms. The molecule has 1 aromatic rings. The second-order valence-electron chi connectivity index (χ2n) is 5.66. The van der Waals surface area contributed by atoms with Crippen molar-refractivity contribution in [2.24, 2.45) is 0 Å². The number of thiol groups is 1. The summed E-state index contributed by atoms with van der Waals surface area (Å²) in [4.78, 5) is 63.4. The minimum atomic E-state index is -1.49. The molecule has 2 aliphatic rings. The van der Waals surface area contributed by atoms with E-state index in [1.807, 2.05) is 0 Å². The molecule has 0 bridgehead atoms. The number of alkyl halides is 1. The topological polar surface area (TPSA) is 101 Å². The number of halogens is 1. The van der Waals surface area contributed by atoms with Gasteiger partial charge in [0.2, 0.25) is 0 Å². The van der Waals surface area contributed by atoms with Crippen LogP contribution in [-0.2, 0) is 19.1 Å². The highest BCUT2D eigenvalue weighted by atomic mass is 79.9. The number of benzene rings is 1. The normalized spacial score (nSPS) is 22.8. The number of imide groups is 1. The zero-order valence-corrected chi connectivity index (χ0v) is 15.9. The fourth-order valence-electron chi connectivity index (χ4n) is 3.05. The van der Waals surface area contributed by atoms with E-state index in [1.54, 1.807) is 12.1 Å². The second-order valence-corrected chi connectivity index (χ2v) is 6.75. The van der Waals surface area contributed by atoms with Crippen molar-refractivity contribution in [2.45, 2.75) is 17.5 Å². The standard InChI is InChI=1S/C16H13BrN2O6S/c1-25-16(24)10(9(20)6-17)19-14(23)11(15(19)26)18-12(21)7-4-2-3-5-8(7)13(18)22/h2-5,10-11,15,26H,6H2,1H3. The van der Waals surface area contributed by atoms with Gasteiger partial charge in [-0.15, -0.1) is 0 Å². The van der Waals surface area contributed by atoms with E-state index in [0.717, 1.165) is 16.9 Å². The lowest BCUT2D eigenvalue weighted by atomic mass is 9.99. The molecule has 0 N–H and O–H groups in total. The molecule has 0 spiro atoms. The third kappa shape index (κ3) is 2.55. The van der Waals surface area contributed by atoms with Gasteiger partial charge in [0.25, 0.3) is 17.7 Å². The molecule has 1 fully saturated rings. The Kier molecular flexibility index (Phi) is 4.89. The minimum Gasteiger partial charge on any atom is -0.467 e. The Morgan fingerprint density at radius 3 is 2.15 bits per heavy atom. The van der Waals surface area contributed by atoms with Crippen LogP contribution in [0.1, 0.15) is 20.7 Å². The number of likely N-dealkylation sites (tertiary alicyclic amines) is 1. The number of carbonyl (C=O) groups excluding carboxylic acids is 5. The fraction of sp³-hybridized carbons (Fsp3) is 0.312. The number of esters is 1. The van der Waals surface area contributed by atoms with Gasteiger partial charge in [0.05, 0.1) is 23.6 Å². The van der Waals surface area contributed by atoms with Crippen molar-refractivity contribution in [2.75, 3.05) is 12.4 Å². The van der Waals surface area contributed by atoms with E-state index >= 15 is 0 Å². The molecule has 0 aliphatic carbocycles. The molecule has 136 valence electrons. The van der Waals surface area contributed by atoms with Gasteiger partial charge in [-0.05, 0) is 12.1 Å². The Morgan fingerprint density at radius 2 is 1.73 bits per heavy atom. The Bertz CT molecular complexity index is 793. The van der Waals surface area contributed by atoms with Gasteiger partial charge in [0, 0.05) is 0 Å².